The van der Waals surface area contributed by atoms with E-state index in [-0.39, 0.29) is 35.0 Å². The number of phenolic OH excluding ortho intramolecular Hbond substituents is 1. The van der Waals surface area contributed by atoms with Crippen LogP contribution in [0.25, 0.3) is 0 Å². The quantitative estimate of drug-likeness (QED) is 0.196. The fourth-order valence-electron chi connectivity index (χ4n) is 9.67. The number of nitrogens with zero attached hydrogens (tertiary/aromatic N) is 2. The summed E-state index contributed by atoms with van der Waals surface area (Å²) in [7, 11) is 1.54. The van der Waals surface area contributed by atoms with Crippen LogP contribution in [-0.4, -0.2) is 51.8 Å². The number of anilines is 1. The number of methoxy groups -OCH3 is 1. The molecule has 5 aliphatic rings. The zero-order valence-electron chi connectivity index (χ0n) is 27.8. The van der Waals surface area contributed by atoms with E-state index in [1.54, 1.807) is 55.6 Å². The summed E-state index contributed by atoms with van der Waals surface area (Å²) < 4.78 is 5.45. The summed E-state index contributed by atoms with van der Waals surface area (Å²) in [6, 6.07) is 16.2. The fraction of sp³-hybridized carbons (Fsp3) is 0.385. The van der Waals surface area contributed by atoms with Gasteiger partial charge in [0.15, 0.2) is 0 Å². The van der Waals surface area contributed by atoms with E-state index in [9.17, 15) is 19.5 Å². The Morgan fingerprint density at radius 3 is 2.25 bits per heavy atom. The number of carbonyl (C=O) groups is 4. The van der Waals surface area contributed by atoms with Gasteiger partial charge in [-0.25, -0.2) is 0 Å². The number of carbonyl (C=O) groups excluding carboxylic acids is 4. The van der Waals surface area contributed by atoms with E-state index in [4.69, 9.17) is 39.5 Å². The van der Waals surface area contributed by atoms with Crippen molar-refractivity contribution in [2.75, 3.05) is 12.5 Å². The Morgan fingerprint density at radius 2 is 1.55 bits per heavy atom. The van der Waals surface area contributed by atoms with E-state index in [1.165, 1.54) is 17.0 Å². The van der Waals surface area contributed by atoms with Gasteiger partial charge in [0.25, 0.3) is 11.8 Å². The van der Waals surface area contributed by atoms with E-state index >= 15 is 4.79 Å². The van der Waals surface area contributed by atoms with Gasteiger partial charge in [0.1, 0.15) is 11.5 Å². The van der Waals surface area contributed by atoms with Gasteiger partial charge in [0.05, 0.1) is 41.0 Å². The van der Waals surface area contributed by atoms with Gasteiger partial charge in [-0.2, -0.15) is 5.01 Å². The minimum absolute atomic E-state index is 0.107. The number of allylic oxidation sites excluding steroid dienone is 2. The van der Waals surface area contributed by atoms with Crippen LogP contribution in [0.15, 0.2) is 72.3 Å². The number of halogens is 3. The Morgan fingerprint density at radius 1 is 0.843 bits per heavy atom. The molecule has 4 fully saturated rings. The average Bonchev–Trinajstić information content (AvgIpc) is 3.51. The smallest absolute Gasteiger partial charge is 0.260 e. The number of phenols is 1. The van der Waals surface area contributed by atoms with Crippen molar-refractivity contribution < 1.29 is 29.0 Å². The molecule has 6 atom stereocenters. The lowest BCUT2D eigenvalue weighted by molar-refractivity contribution is -0.144. The number of rotatable bonds is 6. The lowest BCUT2D eigenvalue weighted by Gasteiger charge is -2.50. The van der Waals surface area contributed by atoms with Crippen molar-refractivity contribution in [1.82, 2.24) is 9.91 Å². The van der Waals surface area contributed by atoms with Crippen molar-refractivity contribution in [3.05, 3.63) is 98.5 Å². The molecule has 3 aromatic carbocycles. The molecule has 2 saturated heterocycles. The molecule has 2 saturated carbocycles. The Balaban J connectivity index is 1.33. The first-order valence-corrected chi connectivity index (χ1v) is 18.5. The molecule has 3 aliphatic carbocycles. The van der Waals surface area contributed by atoms with Crippen molar-refractivity contribution in [3.8, 4) is 11.5 Å². The van der Waals surface area contributed by atoms with E-state index < -0.39 is 46.8 Å². The van der Waals surface area contributed by atoms with Crippen molar-refractivity contribution in [2.45, 2.75) is 62.3 Å². The molecule has 0 radical (unpaired) electrons. The van der Waals surface area contributed by atoms with Crippen LogP contribution in [0.5, 0.6) is 11.5 Å². The molecule has 12 heteroatoms. The maximum absolute atomic E-state index is 15.3. The van der Waals surface area contributed by atoms with Gasteiger partial charge in [-0.1, -0.05) is 77.8 Å². The standard InChI is InChI=1S/C39H36Cl3N3O6/c1-51-24-11-7-20(8-12-24)39-29(36(48)45(38(39)50)43-31-15-9-22(41)18-30(31)42)19-27-25(34(39)28-17-21(40)10-16-32(28)46)13-14-26-33(27)37(49)44(35(26)47)23-5-3-2-4-6-23/h7-13,15-18,23,26-27,29,33-34,43,46H,2-6,14,19H2,1H3. The summed E-state index contributed by atoms with van der Waals surface area (Å²) in [5.41, 5.74) is 3.30. The Bertz CT molecular complexity index is 2000. The summed E-state index contributed by atoms with van der Waals surface area (Å²) in [6.07, 6.45) is 6.97. The van der Waals surface area contributed by atoms with Crippen LogP contribution in [0.2, 0.25) is 15.1 Å². The second kappa shape index (κ2) is 12.9. The third-order valence-electron chi connectivity index (χ3n) is 11.9. The fourth-order valence-corrected chi connectivity index (χ4v) is 10.3. The summed E-state index contributed by atoms with van der Waals surface area (Å²) in [6.45, 7) is 0. The topological polar surface area (TPSA) is 116 Å². The Labute approximate surface area is 310 Å². The summed E-state index contributed by atoms with van der Waals surface area (Å²) >= 11 is 19.3. The van der Waals surface area contributed by atoms with E-state index in [2.05, 4.69) is 5.43 Å². The largest absolute Gasteiger partial charge is 0.508 e. The number of benzene rings is 3. The highest BCUT2D eigenvalue weighted by atomic mass is 35.5. The van der Waals surface area contributed by atoms with Crippen LogP contribution < -0.4 is 10.2 Å². The van der Waals surface area contributed by atoms with Crippen molar-refractivity contribution in [2.24, 2.45) is 23.7 Å². The minimum atomic E-state index is -1.60. The predicted molar refractivity (Wildman–Crippen MR) is 192 cm³/mol. The molecule has 2 heterocycles. The zero-order chi connectivity index (χ0) is 35.8. The highest BCUT2D eigenvalue weighted by Gasteiger charge is 2.71. The first-order chi connectivity index (χ1) is 24.6. The minimum Gasteiger partial charge on any atom is -0.508 e. The number of hydrogen-bond donors (Lipinski definition) is 2. The van der Waals surface area contributed by atoms with Gasteiger partial charge in [-0.3, -0.25) is 29.5 Å². The number of amides is 4. The van der Waals surface area contributed by atoms with Gasteiger partial charge in [0, 0.05) is 27.6 Å². The molecule has 2 aliphatic heterocycles. The number of imide groups is 2. The van der Waals surface area contributed by atoms with E-state index in [0.717, 1.165) is 42.7 Å². The summed E-state index contributed by atoms with van der Waals surface area (Å²) in [5.74, 6) is -4.74. The van der Waals surface area contributed by atoms with E-state index in [0.29, 0.717) is 39.0 Å². The maximum atomic E-state index is 15.3. The van der Waals surface area contributed by atoms with Crippen molar-refractivity contribution >= 4 is 64.1 Å². The van der Waals surface area contributed by atoms with Gasteiger partial charge >= 0.3 is 0 Å². The predicted octanol–water partition coefficient (Wildman–Crippen LogP) is 7.68. The number of likely N-dealkylation sites (tertiary alicyclic amines) is 1. The normalized spacial score (nSPS) is 29.1. The molecule has 0 bridgehead atoms. The van der Waals surface area contributed by atoms with Gasteiger partial charge in [0.2, 0.25) is 11.8 Å². The third-order valence-corrected chi connectivity index (χ3v) is 12.6. The monoisotopic (exact) mass is 747 g/mol. The first kappa shape index (κ1) is 34.1. The molecule has 264 valence electrons. The molecule has 4 amide bonds. The number of nitrogens with one attached hydrogen (secondary N) is 1. The Hall–Kier alpha value is -4.05. The lowest BCUT2D eigenvalue weighted by Crippen LogP contribution is -2.53. The lowest BCUT2D eigenvalue weighted by atomic mass is 9.49. The summed E-state index contributed by atoms with van der Waals surface area (Å²) in [5, 5.41) is 13.5. The highest BCUT2D eigenvalue weighted by molar-refractivity contribution is 6.36. The van der Waals surface area contributed by atoms with Crippen LogP contribution in [0.3, 0.4) is 0 Å². The molecular weight excluding hydrogens is 713 g/mol. The van der Waals surface area contributed by atoms with Gasteiger partial charge in [-0.05, 0) is 85.7 Å². The van der Waals surface area contributed by atoms with Crippen LogP contribution in [-0.2, 0) is 24.6 Å². The molecule has 0 spiro atoms. The average molecular weight is 749 g/mol. The molecule has 3 aromatic rings. The van der Waals surface area contributed by atoms with Gasteiger partial charge in [-0.15, -0.1) is 0 Å². The molecule has 51 heavy (non-hydrogen) atoms. The zero-order valence-corrected chi connectivity index (χ0v) is 30.0. The third kappa shape index (κ3) is 5.18. The molecule has 8 rings (SSSR count). The molecule has 6 unspecified atom stereocenters. The number of aromatic hydroxyl groups is 1. The SMILES string of the molecule is COc1ccc(C23C(=O)N(Nc4ccc(Cl)cc4Cl)C(=O)C2CC2C(=CCC4C(=O)N(C5CCCCC5)C(=O)C42)C3c2cc(Cl)ccc2O)cc1. The number of hydrazine groups is 1. The molecule has 0 aromatic heterocycles. The van der Waals surface area contributed by atoms with Crippen molar-refractivity contribution in [1.29, 1.82) is 0 Å². The number of ether oxygens (including phenoxy) is 1. The molecular formula is C39H36Cl3N3O6. The van der Waals surface area contributed by atoms with Crippen molar-refractivity contribution in [3.63, 3.8) is 0 Å². The molecule has 2 N–H and O–H groups in total. The summed E-state index contributed by atoms with van der Waals surface area (Å²) in [4.78, 5) is 60.2. The maximum Gasteiger partial charge on any atom is 0.260 e. The number of fused-ring (bicyclic) bond motifs is 4. The van der Waals surface area contributed by atoms with Gasteiger partial charge < -0.3 is 9.84 Å². The Kier molecular flexibility index (Phi) is 8.59. The highest BCUT2D eigenvalue weighted by Crippen LogP contribution is 2.65. The van der Waals surface area contributed by atoms with Crippen LogP contribution in [0.4, 0.5) is 5.69 Å². The number of hydrogen-bond acceptors (Lipinski definition) is 7. The van der Waals surface area contributed by atoms with E-state index in [1.807, 2.05) is 6.08 Å². The van der Waals surface area contributed by atoms with Crippen LogP contribution in [0, 0.1) is 23.7 Å². The second-order valence-electron chi connectivity index (χ2n) is 14.3. The first-order valence-electron chi connectivity index (χ1n) is 17.4. The molecule has 9 nitrogen and oxygen atoms in total. The van der Waals surface area contributed by atoms with Crippen LogP contribution >= 0.6 is 34.8 Å². The van der Waals surface area contributed by atoms with Crippen LogP contribution in [0.1, 0.15) is 62.0 Å². The second-order valence-corrected chi connectivity index (χ2v) is 15.5.